The second-order valence-corrected chi connectivity index (χ2v) is 15.7. The topological polar surface area (TPSA) is 3.24 Å². The van der Waals surface area contributed by atoms with Crippen molar-refractivity contribution in [3.8, 4) is 55.6 Å². The summed E-state index contributed by atoms with van der Waals surface area (Å²) < 4.78 is 0. The van der Waals surface area contributed by atoms with E-state index in [2.05, 4.69) is 254 Å². The van der Waals surface area contributed by atoms with Crippen molar-refractivity contribution < 1.29 is 0 Å². The number of anilines is 3. The number of fused-ring (bicyclic) bond motifs is 4. The minimum absolute atomic E-state index is 1.09. The Kier molecular flexibility index (Phi) is 9.26. The van der Waals surface area contributed by atoms with E-state index in [-0.39, 0.29) is 0 Å². The first-order valence-electron chi connectivity index (χ1n) is 21.0. The molecule has 0 saturated heterocycles. The molecule has 0 amide bonds. The van der Waals surface area contributed by atoms with Crippen LogP contribution in [-0.4, -0.2) is 0 Å². The average Bonchev–Trinajstić information content (AvgIpc) is 3.35. The zero-order valence-corrected chi connectivity index (χ0v) is 33.6. The Labute approximate surface area is 357 Å². The first-order chi connectivity index (χ1) is 30.2. The Hall–Kier alpha value is -8.00. The minimum atomic E-state index is 1.09. The van der Waals surface area contributed by atoms with Crippen LogP contribution in [0, 0.1) is 0 Å². The highest BCUT2D eigenvalue weighted by atomic mass is 15.1. The van der Waals surface area contributed by atoms with Crippen LogP contribution in [0.5, 0.6) is 0 Å². The molecule has 0 heterocycles. The molecule has 61 heavy (non-hydrogen) atoms. The third kappa shape index (κ3) is 6.83. The Morgan fingerprint density at radius 1 is 0.213 bits per heavy atom. The Morgan fingerprint density at radius 2 is 0.607 bits per heavy atom. The van der Waals surface area contributed by atoms with Crippen LogP contribution < -0.4 is 4.90 Å². The molecule has 0 radical (unpaired) electrons. The van der Waals surface area contributed by atoms with Crippen molar-refractivity contribution >= 4 is 49.4 Å². The molecule has 0 spiro atoms. The molecule has 1 heteroatoms. The van der Waals surface area contributed by atoms with Gasteiger partial charge in [0.2, 0.25) is 0 Å². The zero-order valence-electron chi connectivity index (χ0n) is 33.6. The summed E-state index contributed by atoms with van der Waals surface area (Å²) in [5.74, 6) is 0. The summed E-state index contributed by atoms with van der Waals surface area (Å²) in [4.78, 5) is 2.37. The van der Waals surface area contributed by atoms with Crippen molar-refractivity contribution in [2.45, 2.75) is 0 Å². The molecule has 0 N–H and O–H groups in total. The molecular formula is C60H41N. The highest BCUT2D eigenvalue weighted by Gasteiger charge is 2.17. The van der Waals surface area contributed by atoms with Crippen molar-refractivity contribution in [3.63, 3.8) is 0 Å². The Balaban J connectivity index is 0.993. The molecule has 0 atom stereocenters. The highest BCUT2D eigenvalue weighted by molar-refractivity contribution is 6.14. The molecule has 0 fully saturated rings. The smallest absolute Gasteiger partial charge is 0.0462 e. The predicted molar refractivity (Wildman–Crippen MR) is 261 cm³/mol. The fourth-order valence-corrected chi connectivity index (χ4v) is 9.04. The van der Waals surface area contributed by atoms with Gasteiger partial charge in [0.05, 0.1) is 0 Å². The number of hydrogen-bond acceptors (Lipinski definition) is 1. The number of nitrogens with zero attached hydrogens (tertiary/aromatic N) is 1. The molecule has 11 aromatic rings. The van der Waals surface area contributed by atoms with Gasteiger partial charge in [-0.2, -0.15) is 0 Å². The van der Waals surface area contributed by atoms with Gasteiger partial charge in [0.1, 0.15) is 0 Å². The van der Waals surface area contributed by atoms with E-state index in [4.69, 9.17) is 0 Å². The fourth-order valence-electron chi connectivity index (χ4n) is 9.04. The minimum Gasteiger partial charge on any atom is -0.311 e. The normalized spacial score (nSPS) is 11.3. The van der Waals surface area contributed by atoms with Gasteiger partial charge in [-0.05, 0) is 130 Å². The van der Waals surface area contributed by atoms with Gasteiger partial charge in [0.15, 0.2) is 0 Å². The molecule has 0 aliphatic carbocycles. The molecule has 0 unspecified atom stereocenters. The summed E-state index contributed by atoms with van der Waals surface area (Å²) in [6.45, 7) is 0. The van der Waals surface area contributed by atoms with Crippen LogP contribution in [0.2, 0.25) is 0 Å². The van der Waals surface area contributed by atoms with Gasteiger partial charge >= 0.3 is 0 Å². The van der Waals surface area contributed by atoms with Gasteiger partial charge in [-0.1, -0.05) is 206 Å². The van der Waals surface area contributed by atoms with Crippen LogP contribution in [0.25, 0.3) is 88.0 Å². The number of hydrogen-bond donors (Lipinski definition) is 0. The van der Waals surface area contributed by atoms with Crippen LogP contribution in [0.4, 0.5) is 17.1 Å². The maximum atomic E-state index is 2.37. The second-order valence-electron chi connectivity index (χ2n) is 15.7. The summed E-state index contributed by atoms with van der Waals surface area (Å²) in [7, 11) is 0. The highest BCUT2D eigenvalue weighted by Crippen LogP contribution is 2.42. The fraction of sp³-hybridized carbons (Fsp3) is 0. The average molecular weight is 776 g/mol. The van der Waals surface area contributed by atoms with Crippen molar-refractivity contribution in [3.05, 3.63) is 249 Å². The van der Waals surface area contributed by atoms with Gasteiger partial charge in [0, 0.05) is 17.1 Å². The summed E-state index contributed by atoms with van der Waals surface area (Å²) >= 11 is 0. The van der Waals surface area contributed by atoms with Gasteiger partial charge in [-0.25, -0.2) is 0 Å². The lowest BCUT2D eigenvalue weighted by Crippen LogP contribution is -2.09. The maximum Gasteiger partial charge on any atom is 0.0462 e. The summed E-state index contributed by atoms with van der Waals surface area (Å²) in [6.07, 6.45) is 0. The lowest BCUT2D eigenvalue weighted by atomic mass is 9.90. The second kappa shape index (κ2) is 15.6. The number of rotatable bonds is 8. The summed E-state index contributed by atoms with van der Waals surface area (Å²) in [5, 5.41) is 7.56. The van der Waals surface area contributed by atoms with E-state index in [0.717, 1.165) is 17.1 Å². The van der Waals surface area contributed by atoms with Gasteiger partial charge < -0.3 is 4.90 Å². The summed E-state index contributed by atoms with van der Waals surface area (Å²) in [6, 6.07) is 90.3. The van der Waals surface area contributed by atoms with E-state index < -0.39 is 0 Å². The lowest BCUT2D eigenvalue weighted by molar-refractivity contribution is 1.28. The molecule has 0 aliphatic heterocycles. The molecule has 11 rings (SSSR count). The summed E-state index contributed by atoms with van der Waals surface area (Å²) in [5.41, 5.74) is 15.4. The molecule has 0 aliphatic rings. The van der Waals surface area contributed by atoms with Crippen molar-refractivity contribution in [2.75, 3.05) is 4.90 Å². The third-order valence-electron chi connectivity index (χ3n) is 12.1. The lowest BCUT2D eigenvalue weighted by Gasteiger charge is -2.26. The van der Waals surface area contributed by atoms with E-state index in [9.17, 15) is 0 Å². The number of benzene rings is 11. The third-order valence-corrected chi connectivity index (χ3v) is 12.1. The van der Waals surface area contributed by atoms with Gasteiger partial charge in [-0.15, -0.1) is 0 Å². The van der Waals surface area contributed by atoms with E-state index in [0.29, 0.717) is 0 Å². The van der Waals surface area contributed by atoms with Crippen molar-refractivity contribution in [2.24, 2.45) is 0 Å². The van der Waals surface area contributed by atoms with E-state index in [1.54, 1.807) is 0 Å². The van der Waals surface area contributed by atoms with Gasteiger partial charge in [-0.3, -0.25) is 0 Å². The predicted octanol–water partition coefficient (Wildman–Crippen LogP) is 17.0. The molecule has 0 saturated carbocycles. The molecule has 1 nitrogen and oxygen atoms in total. The molecule has 0 aromatic heterocycles. The molecule has 0 bridgehead atoms. The molecular weight excluding hydrogens is 735 g/mol. The zero-order chi connectivity index (χ0) is 40.5. The molecule has 11 aromatic carbocycles. The van der Waals surface area contributed by atoms with Crippen LogP contribution in [0.3, 0.4) is 0 Å². The monoisotopic (exact) mass is 775 g/mol. The Bertz CT molecular complexity index is 3300. The van der Waals surface area contributed by atoms with Crippen LogP contribution >= 0.6 is 0 Å². The van der Waals surface area contributed by atoms with E-state index in [1.807, 2.05) is 0 Å². The maximum absolute atomic E-state index is 2.37. The van der Waals surface area contributed by atoms with Crippen LogP contribution in [0.1, 0.15) is 0 Å². The SMILES string of the molecule is c1ccc(-c2ccc(-c3ccc(N(c4ccc(-c5ccc6ccccc6c5-c5ccccc5)cc4)c4ccc(-c5cc6ccccc6c6ccccc56)cc4)cc3)cc2)cc1. The first kappa shape index (κ1) is 36.1. The van der Waals surface area contributed by atoms with E-state index in [1.165, 1.54) is 88.0 Å². The van der Waals surface area contributed by atoms with Crippen LogP contribution in [-0.2, 0) is 0 Å². The standard InChI is InChI=1S/C60H41N/c1-3-13-42(14-4-1)43-23-25-44(26-24-43)45-27-34-51(35-28-45)61(53-38-31-48(32-39-53)59-41-50-18-8-9-19-54(50)57-21-11-12-22-58(57)59)52-36-29-47(30-37-52)56-40-33-46-15-7-10-20-55(46)60(56)49-16-5-2-6-17-49/h1-41H. The van der Waals surface area contributed by atoms with Crippen LogP contribution in [0.15, 0.2) is 249 Å². The first-order valence-corrected chi connectivity index (χ1v) is 21.0. The van der Waals surface area contributed by atoms with Gasteiger partial charge in [0.25, 0.3) is 0 Å². The quantitative estimate of drug-likeness (QED) is 0.139. The largest absolute Gasteiger partial charge is 0.311 e. The Morgan fingerprint density at radius 3 is 1.18 bits per heavy atom. The van der Waals surface area contributed by atoms with Crippen molar-refractivity contribution in [1.82, 2.24) is 0 Å². The van der Waals surface area contributed by atoms with Crippen molar-refractivity contribution in [1.29, 1.82) is 0 Å². The van der Waals surface area contributed by atoms with E-state index >= 15 is 0 Å². The molecule has 286 valence electrons.